The lowest BCUT2D eigenvalue weighted by Crippen LogP contribution is -2.36. The molecule has 0 radical (unpaired) electrons. The number of anilines is 1. The molecule has 1 aliphatic rings. The summed E-state index contributed by atoms with van der Waals surface area (Å²) in [6.07, 6.45) is 1.63. The van der Waals surface area contributed by atoms with Gasteiger partial charge in [0.05, 0.1) is 18.7 Å². The Morgan fingerprint density at radius 2 is 1.88 bits per heavy atom. The number of rotatable bonds is 1. The Labute approximate surface area is 93.9 Å². The summed E-state index contributed by atoms with van der Waals surface area (Å²) in [6.45, 7) is 3.36. The van der Waals surface area contributed by atoms with Gasteiger partial charge >= 0.3 is 0 Å². The van der Waals surface area contributed by atoms with Gasteiger partial charge < -0.3 is 9.64 Å². The molecule has 0 unspecified atom stereocenters. The van der Waals surface area contributed by atoms with Crippen molar-refractivity contribution in [3.05, 3.63) is 30.6 Å². The van der Waals surface area contributed by atoms with E-state index in [4.69, 9.17) is 4.74 Å². The minimum Gasteiger partial charge on any atom is -0.378 e. The third-order valence-electron chi connectivity index (χ3n) is 2.83. The van der Waals surface area contributed by atoms with Crippen LogP contribution in [0.3, 0.4) is 0 Å². The Morgan fingerprint density at radius 3 is 2.75 bits per heavy atom. The van der Waals surface area contributed by atoms with E-state index in [9.17, 15) is 0 Å². The van der Waals surface area contributed by atoms with Crippen LogP contribution in [-0.4, -0.2) is 36.3 Å². The predicted molar refractivity (Wildman–Crippen MR) is 62.6 cm³/mol. The second-order valence-corrected chi connectivity index (χ2v) is 3.81. The maximum Gasteiger partial charge on any atom is 0.140 e. The number of hydrogen-bond donors (Lipinski definition) is 0. The van der Waals surface area contributed by atoms with Gasteiger partial charge in [-0.3, -0.25) is 0 Å². The molecule has 0 aliphatic carbocycles. The van der Waals surface area contributed by atoms with Crippen LogP contribution in [0.25, 0.3) is 10.9 Å². The normalized spacial score (nSPS) is 16.6. The fraction of sp³-hybridized carbons (Fsp3) is 0.333. The van der Waals surface area contributed by atoms with Gasteiger partial charge in [0.25, 0.3) is 0 Å². The number of ether oxygens (including phenoxy) is 1. The highest BCUT2D eigenvalue weighted by Crippen LogP contribution is 2.22. The standard InChI is InChI=1S/C12H13N3O/c1-2-4-11-10(3-1)12(14-9-13-11)15-5-7-16-8-6-15/h1-4,9H,5-8H2. The van der Waals surface area contributed by atoms with E-state index < -0.39 is 0 Å². The van der Waals surface area contributed by atoms with E-state index in [0.29, 0.717) is 0 Å². The third kappa shape index (κ3) is 1.61. The monoisotopic (exact) mass is 215 g/mol. The van der Waals surface area contributed by atoms with Crippen LogP contribution in [0.15, 0.2) is 30.6 Å². The van der Waals surface area contributed by atoms with E-state index in [1.165, 1.54) is 0 Å². The summed E-state index contributed by atoms with van der Waals surface area (Å²) in [5.41, 5.74) is 0.999. The lowest BCUT2D eigenvalue weighted by molar-refractivity contribution is 0.122. The van der Waals surface area contributed by atoms with Crippen LogP contribution in [0.2, 0.25) is 0 Å². The van der Waals surface area contributed by atoms with Gasteiger partial charge in [0, 0.05) is 18.5 Å². The highest BCUT2D eigenvalue weighted by Gasteiger charge is 2.14. The van der Waals surface area contributed by atoms with Crippen molar-refractivity contribution in [2.45, 2.75) is 0 Å². The largest absolute Gasteiger partial charge is 0.378 e. The van der Waals surface area contributed by atoms with Crippen LogP contribution in [0.1, 0.15) is 0 Å². The molecule has 0 N–H and O–H groups in total. The maximum atomic E-state index is 5.35. The van der Waals surface area contributed by atoms with Crippen LogP contribution < -0.4 is 4.90 Å². The van der Waals surface area contributed by atoms with Gasteiger partial charge in [0.2, 0.25) is 0 Å². The van der Waals surface area contributed by atoms with Gasteiger partial charge in [-0.25, -0.2) is 9.97 Å². The fourth-order valence-electron chi connectivity index (χ4n) is 2.02. The van der Waals surface area contributed by atoms with Gasteiger partial charge in [-0.1, -0.05) is 12.1 Å². The van der Waals surface area contributed by atoms with E-state index in [2.05, 4.69) is 20.9 Å². The molecule has 1 saturated heterocycles. The highest BCUT2D eigenvalue weighted by atomic mass is 16.5. The molecular weight excluding hydrogens is 202 g/mol. The number of nitrogens with zero attached hydrogens (tertiary/aromatic N) is 3. The van der Waals surface area contributed by atoms with Crippen molar-refractivity contribution in [3.63, 3.8) is 0 Å². The molecule has 2 heterocycles. The van der Waals surface area contributed by atoms with Gasteiger partial charge in [0.15, 0.2) is 0 Å². The van der Waals surface area contributed by atoms with Crippen LogP contribution in [0.4, 0.5) is 5.82 Å². The Balaban J connectivity index is 2.08. The topological polar surface area (TPSA) is 38.2 Å². The van der Waals surface area contributed by atoms with Gasteiger partial charge in [-0.05, 0) is 12.1 Å². The van der Waals surface area contributed by atoms with Crippen molar-refractivity contribution in [2.75, 3.05) is 31.2 Å². The zero-order chi connectivity index (χ0) is 10.8. The van der Waals surface area contributed by atoms with Crippen LogP contribution in [0, 0.1) is 0 Å². The van der Waals surface area contributed by atoms with E-state index in [-0.39, 0.29) is 0 Å². The summed E-state index contributed by atoms with van der Waals surface area (Å²) in [4.78, 5) is 10.9. The first kappa shape index (κ1) is 9.54. The summed E-state index contributed by atoms with van der Waals surface area (Å²) < 4.78 is 5.35. The molecule has 0 atom stereocenters. The number of hydrogen-bond acceptors (Lipinski definition) is 4. The van der Waals surface area contributed by atoms with Crippen molar-refractivity contribution in [2.24, 2.45) is 0 Å². The average Bonchev–Trinajstić information content (AvgIpc) is 2.39. The summed E-state index contributed by atoms with van der Waals surface area (Å²) in [6, 6.07) is 8.11. The zero-order valence-corrected chi connectivity index (χ0v) is 8.97. The molecule has 3 rings (SSSR count). The molecule has 0 amide bonds. The smallest absolute Gasteiger partial charge is 0.140 e. The Bertz CT molecular complexity index is 489. The summed E-state index contributed by atoms with van der Waals surface area (Å²) in [5.74, 6) is 1.02. The highest BCUT2D eigenvalue weighted by molar-refractivity contribution is 5.89. The van der Waals surface area contributed by atoms with E-state index >= 15 is 0 Å². The van der Waals surface area contributed by atoms with Crippen molar-refractivity contribution in [3.8, 4) is 0 Å². The quantitative estimate of drug-likeness (QED) is 0.722. The second kappa shape index (κ2) is 4.06. The first-order valence-corrected chi connectivity index (χ1v) is 5.47. The molecule has 4 heteroatoms. The molecule has 1 aromatic heterocycles. The van der Waals surface area contributed by atoms with Crippen LogP contribution in [-0.2, 0) is 4.74 Å². The molecular formula is C12H13N3O. The zero-order valence-electron chi connectivity index (χ0n) is 8.97. The Morgan fingerprint density at radius 1 is 1.06 bits per heavy atom. The number of fused-ring (bicyclic) bond motifs is 1. The average molecular weight is 215 g/mol. The first-order valence-electron chi connectivity index (χ1n) is 5.47. The second-order valence-electron chi connectivity index (χ2n) is 3.81. The summed E-state index contributed by atoms with van der Waals surface area (Å²) in [5, 5.41) is 1.12. The fourth-order valence-corrected chi connectivity index (χ4v) is 2.02. The Hall–Kier alpha value is -1.68. The number of benzene rings is 1. The number of morpholine rings is 1. The molecule has 0 spiro atoms. The van der Waals surface area contributed by atoms with Crippen molar-refractivity contribution < 1.29 is 4.74 Å². The lowest BCUT2D eigenvalue weighted by atomic mass is 10.2. The SMILES string of the molecule is c1ccc2c(N3CCOCC3)ncnc2c1. The minimum atomic E-state index is 0.776. The molecule has 1 aromatic carbocycles. The molecule has 1 fully saturated rings. The molecule has 0 bridgehead atoms. The molecule has 2 aromatic rings. The van der Waals surface area contributed by atoms with Crippen molar-refractivity contribution in [1.29, 1.82) is 0 Å². The van der Waals surface area contributed by atoms with Crippen LogP contribution in [0.5, 0.6) is 0 Å². The third-order valence-corrected chi connectivity index (χ3v) is 2.83. The van der Waals surface area contributed by atoms with E-state index in [0.717, 1.165) is 43.0 Å². The molecule has 1 aliphatic heterocycles. The first-order chi connectivity index (χ1) is 7.95. The van der Waals surface area contributed by atoms with Gasteiger partial charge in [-0.2, -0.15) is 0 Å². The van der Waals surface area contributed by atoms with Crippen molar-refractivity contribution >= 4 is 16.7 Å². The molecule has 4 nitrogen and oxygen atoms in total. The molecule has 16 heavy (non-hydrogen) atoms. The van der Waals surface area contributed by atoms with Gasteiger partial charge in [0.1, 0.15) is 12.1 Å². The Kier molecular flexibility index (Phi) is 2.42. The van der Waals surface area contributed by atoms with E-state index in [1.54, 1.807) is 6.33 Å². The summed E-state index contributed by atoms with van der Waals surface area (Å²) >= 11 is 0. The maximum absolute atomic E-state index is 5.35. The molecule has 0 saturated carbocycles. The van der Waals surface area contributed by atoms with Crippen molar-refractivity contribution in [1.82, 2.24) is 9.97 Å². The van der Waals surface area contributed by atoms with Crippen LogP contribution >= 0.6 is 0 Å². The van der Waals surface area contributed by atoms with E-state index in [1.807, 2.05) is 18.2 Å². The van der Waals surface area contributed by atoms with Gasteiger partial charge in [-0.15, -0.1) is 0 Å². The number of para-hydroxylation sites is 1. The molecule has 82 valence electrons. The summed E-state index contributed by atoms with van der Waals surface area (Å²) in [7, 11) is 0. The predicted octanol–water partition coefficient (Wildman–Crippen LogP) is 1.47. The number of aromatic nitrogens is 2. The minimum absolute atomic E-state index is 0.776. The lowest BCUT2D eigenvalue weighted by Gasteiger charge is -2.28.